The van der Waals surface area contributed by atoms with Crippen LogP contribution >= 0.6 is 12.4 Å². The molecule has 1 unspecified atom stereocenters. The summed E-state index contributed by atoms with van der Waals surface area (Å²) in [5.41, 5.74) is 0.223. The fourth-order valence-corrected chi connectivity index (χ4v) is 3.24. The summed E-state index contributed by atoms with van der Waals surface area (Å²) in [5, 5.41) is 6.37. The Bertz CT molecular complexity index is 618. The van der Waals surface area contributed by atoms with Gasteiger partial charge in [0.1, 0.15) is 5.60 Å². The molecule has 1 atom stereocenters. The van der Waals surface area contributed by atoms with Crippen molar-refractivity contribution in [2.45, 2.75) is 51.7 Å². The molecule has 0 radical (unpaired) electrons. The molecule has 1 aromatic rings. The van der Waals surface area contributed by atoms with Crippen molar-refractivity contribution >= 4 is 18.3 Å². The van der Waals surface area contributed by atoms with E-state index in [4.69, 9.17) is 14.2 Å². The van der Waals surface area contributed by atoms with Gasteiger partial charge in [-0.2, -0.15) is 0 Å². The smallest absolute Gasteiger partial charge is 0.252 e. The van der Waals surface area contributed by atoms with Gasteiger partial charge in [0.2, 0.25) is 0 Å². The molecule has 1 heterocycles. The van der Waals surface area contributed by atoms with E-state index in [1.54, 1.807) is 14.2 Å². The number of benzene rings is 1. The lowest BCUT2D eigenvalue weighted by Gasteiger charge is -2.35. The first-order valence-electron chi connectivity index (χ1n) is 9.79. The van der Waals surface area contributed by atoms with Crippen molar-refractivity contribution in [3.63, 3.8) is 0 Å². The molecular formula is C21H35ClN2O4. The average molecular weight is 415 g/mol. The Morgan fingerprint density at radius 2 is 1.86 bits per heavy atom. The van der Waals surface area contributed by atoms with Crippen LogP contribution < -0.4 is 20.1 Å². The highest BCUT2D eigenvalue weighted by Gasteiger charge is 2.40. The van der Waals surface area contributed by atoms with E-state index in [0.29, 0.717) is 31.1 Å². The van der Waals surface area contributed by atoms with Crippen molar-refractivity contribution in [2.75, 3.05) is 33.9 Å². The van der Waals surface area contributed by atoms with E-state index in [9.17, 15) is 4.79 Å². The quantitative estimate of drug-likeness (QED) is 0.647. The molecule has 2 N–H and O–H groups in total. The molecule has 0 aromatic heterocycles. The first-order chi connectivity index (χ1) is 12.9. The first kappa shape index (κ1) is 24.5. The molecule has 160 valence electrons. The van der Waals surface area contributed by atoms with Gasteiger partial charge in [0.05, 0.1) is 19.8 Å². The number of carbonyl (C=O) groups excluding carboxylic acids is 1. The molecule has 1 fully saturated rings. The maximum atomic E-state index is 12.8. The number of ether oxygens (including phenoxy) is 3. The van der Waals surface area contributed by atoms with Gasteiger partial charge in [-0.05, 0) is 62.9 Å². The average Bonchev–Trinajstić information content (AvgIpc) is 2.68. The number of hydrogen-bond acceptors (Lipinski definition) is 5. The van der Waals surface area contributed by atoms with Crippen LogP contribution in [-0.2, 0) is 9.53 Å². The van der Waals surface area contributed by atoms with Crippen LogP contribution in [0.3, 0.4) is 0 Å². The van der Waals surface area contributed by atoms with Gasteiger partial charge in [-0.15, -0.1) is 12.4 Å². The van der Waals surface area contributed by atoms with Gasteiger partial charge < -0.3 is 24.8 Å². The van der Waals surface area contributed by atoms with Gasteiger partial charge in [-0.3, -0.25) is 4.79 Å². The fourth-order valence-electron chi connectivity index (χ4n) is 3.24. The number of amides is 1. The number of nitrogens with one attached hydrogen (secondary N) is 2. The molecule has 1 aliphatic rings. The van der Waals surface area contributed by atoms with E-state index in [1.807, 2.05) is 25.1 Å². The highest BCUT2D eigenvalue weighted by Crippen LogP contribution is 2.31. The molecule has 6 nitrogen and oxygen atoms in total. The van der Waals surface area contributed by atoms with Crippen molar-refractivity contribution in [3.8, 4) is 11.5 Å². The maximum absolute atomic E-state index is 12.8. The second-order valence-corrected chi connectivity index (χ2v) is 7.58. The largest absolute Gasteiger partial charge is 0.493 e. The molecule has 1 amide bonds. The zero-order valence-electron chi connectivity index (χ0n) is 17.7. The molecule has 0 aliphatic carbocycles. The summed E-state index contributed by atoms with van der Waals surface area (Å²) >= 11 is 0. The second-order valence-electron chi connectivity index (χ2n) is 7.58. The van der Waals surface area contributed by atoms with E-state index in [-0.39, 0.29) is 24.4 Å². The van der Waals surface area contributed by atoms with Gasteiger partial charge in [-0.1, -0.05) is 19.9 Å². The van der Waals surface area contributed by atoms with E-state index in [0.717, 1.165) is 30.8 Å². The first-order valence-corrected chi connectivity index (χ1v) is 9.79. The molecule has 1 aliphatic heterocycles. The minimum absolute atomic E-state index is 0. The number of piperidine rings is 1. The minimum Gasteiger partial charge on any atom is -0.493 e. The maximum Gasteiger partial charge on any atom is 0.252 e. The van der Waals surface area contributed by atoms with Crippen molar-refractivity contribution in [1.82, 2.24) is 10.6 Å². The van der Waals surface area contributed by atoms with Crippen molar-refractivity contribution in [3.05, 3.63) is 23.8 Å². The van der Waals surface area contributed by atoms with Crippen LogP contribution in [0.15, 0.2) is 18.2 Å². The van der Waals surface area contributed by atoms with Crippen LogP contribution in [0, 0.1) is 5.92 Å². The van der Waals surface area contributed by atoms with Gasteiger partial charge in [0, 0.05) is 7.11 Å². The predicted molar refractivity (Wildman–Crippen MR) is 114 cm³/mol. The van der Waals surface area contributed by atoms with Crippen LogP contribution in [0.2, 0.25) is 0 Å². The summed E-state index contributed by atoms with van der Waals surface area (Å²) in [7, 11) is 3.24. The van der Waals surface area contributed by atoms with Gasteiger partial charge in [0.25, 0.3) is 5.91 Å². The molecule has 1 saturated heterocycles. The summed E-state index contributed by atoms with van der Waals surface area (Å²) in [6, 6.07) is 5.66. The molecule has 0 bridgehead atoms. The van der Waals surface area contributed by atoms with E-state index < -0.39 is 5.60 Å². The van der Waals surface area contributed by atoms with Crippen LogP contribution in [0.5, 0.6) is 11.5 Å². The third-order valence-electron chi connectivity index (χ3n) is 5.20. The lowest BCUT2D eigenvalue weighted by atomic mass is 9.90. The van der Waals surface area contributed by atoms with Crippen molar-refractivity contribution < 1.29 is 19.0 Å². The fraction of sp³-hybridized carbons (Fsp3) is 0.667. The van der Waals surface area contributed by atoms with E-state index in [1.165, 1.54) is 0 Å². The third-order valence-corrected chi connectivity index (χ3v) is 5.20. The predicted octanol–water partition coefficient (Wildman–Crippen LogP) is 3.49. The molecule has 1 aromatic carbocycles. The highest BCUT2D eigenvalue weighted by atomic mass is 35.5. The Labute approximate surface area is 175 Å². The molecule has 2 rings (SSSR count). The Kier molecular flexibility index (Phi) is 10.1. The van der Waals surface area contributed by atoms with E-state index in [2.05, 4.69) is 24.5 Å². The minimum atomic E-state index is -0.747. The van der Waals surface area contributed by atoms with Crippen molar-refractivity contribution in [1.29, 1.82) is 0 Å². The number of halogens is 1. The Morgan fingerprint density at radius 3 is 2.43 bits per heavy atom. The summed E-state index contributed by atoms with van der Waals surface area (Å²) in [6.45, 7) is 8.53. The molecular weight excluding hydrogens is 380 g/mol. The molecule has 0 saturated carbocycles. The summed E-state index contributed by atoms with van der Waals surface area (Å²) < 4.78 is 16.9. The SMILES string of the molecule is COc1cc(C(C)NC(=O)C2(OC)CCNCC2)ccc1OCCC(C)C.Cl. The molecule has 0 spiro atoms. The number of methoxy groups -OCH3 is 2. The van der Waals surface area contributed by atoms with Crippen LogP contribution in [0.4, 0.5) is 0 Å². The normalized spacial score (nSPS) is 16.8. The third kappa shape index (κ3) is 6.26. The summed E-state index contributed by atoms with van der Waals surface area (Å²) in [6.07, 6.45) is 2.34. The monoisotopic (exact) mass is 414 g/mol. The zero-order valence-corrected chi connectivity index (χ0v) is 18.5. The lowest BCUT2D eigenvalue weighted by molar-refractivity contribution is -0.147. The number of rotatable bonds is 9. The van der Waals surface area contributed by atoms with Crippen LogP contribution in [0.1, 0.15) is 51.6 Å². The lowest BCUT2D eigenvalue weighted by Crippen LogP contribution is -2.54. The Morgan fingerprint density at radius 1 is 1.18 bits per heavy atom. The topological polar surface area (TPSA) is 68.8 Å². The van der Waals surface area contributed by atoms with Gasteiger partial charge in [-0.25, -0.2) is 0 Å². The number of hydrogen-bond donors (Lipinski definition) is 2. The second kappa shape index (κ2) is 11.5. The summed E-state index contributed by atoms with van der Waals surface area (Å²) in [5.74, 6) is 1.94. The highest BCUT2D eigenvalue weighted by molar-refractivity contribution is 5.86. The van der Waals surface area contributed by atoms with E-state index >= 15 is 0 Å². The van der Waals surface area contributed by atoms with Crippen LogP contribution in [-0.4, -0.2) is 45.4 Å². The zero-order chi connectivity index (χ0) is 19.9. The summed E-state index contributed by atoms with van der Waals surface area (Å²) in [4.78, 5) is 12.8. The Balaban J connectivity index is 0.00000392. The molecule has 28 heavy (non-hydrogen) atoms. The number of carbonyl (C=O) groups is 1. The van der Waals surface area contributed by atoms with Crippen molar-refractivity contribution in [2.24, 2.45) is 5.92 Å². The van der Waals surface area contributed by atoms with Gasteiger partial charge >= 0.3 is 0 Å². The van der Waals surface area contributed by atoms with Crippen LogP contribution in [0.25, 0.3) is 0 Å². The molecule has 7 heteroatoms. The van der Waals surface area contributed by atoms with Gasteiger partial charge in [0.15, 0.2) is 11.5 Å². The standard InChI is InChI=1S/C21H34N2O4.ClH/c1-15(2)8-13-27-18-7-6-17(14-19(18)25-4)16(3)23-20(24)21(26-5)9-11-22-12-10-21;/h6-7,14-16,22H,8-13H2,1-5H3,(H,23,24);1H. The Hall–Kier alpha value is -1.50.